The van der Waals surface area contributed by atoms with Crippen LogP contribution >= 0.6 is 0 Å². The summed E-state index contributed by atoms with van der Waals surface area (Å²) in [5.74, 6) is 0.865. The van der Waals surface area contributed by atoms with E-state index in [4.69, 9.17) is 0 Å². The summed E-state index contributed by atoms with van der Waals surface area (Å²) in [4.78, 5) is 5.13. The summed E-state index contributed by atoms with van der Waals surface area (Å²) < 4.78 is 0. The van der Waals surface area contributed by atoms with Crippen LogP contribution in [0.2, 0.25) is 0 Å². The van der Waals surface area contributed by atoms with Crippen molar-refractivity contribution in [1.29, 1.82) is 0 Å². The molecule has 0 spiro atoms. The topological polar surface area (TPSA) is 18.5 Å². The van der Waals surface area contributed by atoms with E-state index in [2.05, 4.69) is 29.2 Å². The van der Waals surface area contributed by atoms with Crippen LogP contribution in [0.25, 0.3) is 0 Å². The van der Waals surface area contributed by atoms with Crippen molar-refractivity contribution in [1.82, 2.24) is 15.1 Å². The second-order valence-electron chi connectivity index (χ2n) is 6.00. The zero-order chi connectivity index (χ0) is 12.1. The van der Waals surface area contributed by atoms with Crippen molar-refractivity contribution < 1.29 is 0 Å². The Morgan fingerprint density at radius 2 is 1.82 bits per heavy atom. The van der Waals surface area contributed by atoms with Gasteiger partial charge in [0.15, 0.2) is 0 Å². The molecule has 2 aliphatic heterocycles. The molecule has 0 aromatic heterocycles. The minimum Gasteiger partial charge on any atom is -0.315 e. The number of nitrogens with one attached hydrogen (secondary N) is 1. The fourth-order valence-electron chi connectivity index (χ4n) is 3.36. The third kappa shape index (κ3) is 3.94. The van der Waals surface area contributed by atoms with Gasteiger partial charge in [0.2, 0.25) is 0 Å². The van der Waals surface area contributed by atoms with Gasteiger partial charge in [0, 0.05) is 19.1 Å². The second-order valence-corrected chi connectivity index (χ2v) is 6.00. The highest BCUT2D eigenvalue weighted by Gasteiger charge is 2.28. The van der Waals surface area contributed by atoms with E-state index >= 15 is 0 Å². The Hall–Kier alpha value is -0.120. The quantitative estimate of drug-likeness (QED) is 0.803. The van der Waals surface area contributed by atoms with Crippen molar-refractivity contribution >= 4 is 0 Å². The second kappa shape index (κ2) is 6.72. The number of piperidine rings is 1. The average molecular weight is 239 g/mol. The van der Waals surface area contributed by atoms with Crippen LogP contribution in [0.4, 0.5) is 0 Å². The molecular weight excluding hydrogens is 210 g/mol. The highest BCUT2D eigenvalue weighted by atomic mass is 15.2. The van der Waals surface area contributed by atoms with Gasteiger partial charge in [-0.15, -0.1) is 0 Å². The first-order chi connectivity index (χ1) is 8.27. The molecule has 0 bridgehead atoms. The summed E-state index contributed by atoms with van der Waals surface area (Å²) >= 11 is 0. The fourth-order valence-corrected chi connectivity index (χ4v) is 3.36. The molecule has 2 fully saturated rings. The molecule has 2 aliphatic rings. The van der Waals surface area contributed by atoms with Gasteiger partial charge in [-0.25, -0.2) is 0 Å². The third-order valence-corrected chi connectivity index (χ3v) is 4.44. The van der Waals surface area contributed by atoms with Crippen molar-refractivity contribution in [3.8, 4) is 0 Å². The van der Waals surface area contributed by atoms with E-state index in [1.54, 1.807) is 0 Å². The van der Waals surface area contributed by atoms with Crippen LogP contribution in [0.5, 0.6) is 0 Å². The number of hydrogen-bond acceptors (Lipinski definition) is 3. The lowest BCUT2D eigenvalue weighted by Crippen LogP contribution is -2.51. The Kier molecular flexibility index (Phi) is 5.26. The maximum atomic E-state index is 3.54. The van der Waals surface area contributed by atoms with Crippen LogP contribution < -0.4 is 5.32 Å². The van der Waals surface area contributed by atoms with E-state index in [-0.39, 0.29) is 0 Å². The first kappa shape index (κ1) is 13.3. The van der Waals surface area contributed by atoms with E-state index in [1.807, 2.05) is 0 Å². The molecule has 0 radical (unpaired) electrons. The summed E-state index contributed by atoms with van der Waals surface area (Å²) in [6.45, 7) is 6.38. The molecule has 2 atom stereocenters. The highest BCUT2D eigenvalue weighted by Crippen LogP contribution is 2.20. The molecule has 0 aromatic carbocycles. The maximum absolute atomic E-state index is 3.54. The number of likely N-dealkylation sites (tertiary alicyclic amines) is 1. The third-order valence-electron chi connectivity index (χ3n) is 4.44. The number of hydrogen-bond donors (Lipinski definition) is 1. The van der Waals surface area contributed by atoms with Crippen LogP contribution in [0.15, 0.2) is 0 Å². The molecule has 0 aliphatic carbocycles. The first-order valence-corrected chi connectivity index (χ1v) is 7.37. The van der Waals surface area contributed by atoms with Gasteiger partial charge in [-0.3, -0.25) is 0 Å². The largest absolute Gasteiger partial charge is 0.315 e. The molecule has 2 heterocycles. The predicted octanol–water partition coefficient (Wildman–Crippen LogP) is 1.40. The molecule has 2 rings (SSSR count). The SMILES string of the molecule is CN(C)C1CNCCC1CN1CCCCCC1. The van der Waals surface area contributed by atoms with Gasteiger partial charge in [-0.1, -0.05) is 12.8 Å². The van der Waals surface area contributed by atoms with Gasteiger partial charge in [-0.2, -0.15) is 0 Å². The Labute approximate surface area is 107 Å². The van der Waals surface area contributed by atoms with Gasteiger partial charge < -0.3 is 15.1 Å². The average Bonchev–Trinajstić information content (AvgIpc) is 2.58. The maximum Gasteiger partial charge on any atom is 0.0255 e. The number of likely N-dealkylation sites (N-methyl/N-ethyl adjacent to an activating group) is 1. The molecule has 2 saturated heterocycles. The monoisotopic (exact) mass is 239 g/mol. The molecule has 3 heteroatoms. The van der Waals surface area contributed by atoms with Gasteiger partial charge in [0.25, 0.3) is 0 Å². The lowest BCUT2D eigenvalue weighted by atomic mass is 9.91. The molecule has 0 saturated carbocycles. The Bertz CT molecular complexity index is 210. The molecule has 2 unspecified atom stereocenters. The lowest BCUT2D eigenvalue weighted by molar-refractivity contribution is 0.122. The molecule has 17 heavy (non-hydrogen) atoms. The van der Waals surface area contributed by atoms with Crippen LogP contribution in [0.1, 0.15) is 32.1 Å². The minimum atomic E-state index is 0.729. The summed E-state index contributed by atoms with van der Waals surface area (Å²) in [7, 11) is 4.46. The summed E-state index contributed by atoms with van der Waals surface area (Å²) in [5.41, 5.74) is 0. The fraction of sp³-hybridized carbons (Fsp3) is 1.00. The van der Waals surface area contributed by atoms with E-state index in [1.165, 1.54) is 64.8 Å². The Morgan fingerprint density at radius 3 is 2.47 bits per heavy atom. The smallest absolute Gasteiger partial charge is 0.0255 e. The van der Waals surface area contributed by atoms with Gasteiger partial charge in [0.1, 0.15) is 0 Å². The van der Waals surface area contributed by atoms with Gasteiger partial charge in [-0.05, 0) is 58.9 Å². The molecule has 0 aromatic rings. The molecular formula is C14H29N3. The standard InChI is InChI=1S/C14H29N3/c1-16(2)14-11-15-8-7-13(14)12-17-9-5-3-4-6-10-17/h13-15H,3-12H2,1-2H3. The molecule has 0 amide bonds. The summed E-state index contributed by atoms with van der Waals surface area (Å²) in [6.07, 6.45) is 7.06. The normalized spacial score (nSPS) is 32.6. The zero-order valence-electron chi connectivity index (χ0n) is 11.6. The lowest BCUT2D eigenvalue weighted by Gasteiger charge is -2.39. The zero-order valence-corrected chi connectivity index (χ0v) is 11.6. The summed E-state index contributed by atoms with van der Waals surface area (Å²) in [6, 6.07) is 0.729. The molecule has 3 nitrogen and oxygen atoms in total. The van der Waals surface area contributed by atoms with E-state index in [0.717, 1.165) is 12.0 Å². The van der Waals surface area contributed by atoms with Crippen molar-refractivity contribution in [2.75, 3.05) is 46.8 Å². The van der Waals surface area contributed by atoms with E-state index < -0.39 is 0 Å². The van der Waals surface area contributed by atoms with E-state index in [9.17, 15) is 0 Å². The molecule has 100 valence electrons. The van der Waals surface area contributed by atoms with Crippen LogP contribution in [-0.4, -0.2) is 62.7 Å². The first-order valence-electron chi connectivity index (χ1n) is 7.37. The van der Waals surface area contributed by atoms with E-state index in [0.29, 0.717) is 0 Å². The predicted molar refractivity (Wildman–Crippen MR) is 73.4 cm³/mol. The Morgan fingerprint density at radius 1 is 1.12 bits per heavy atom. The van der Waals surface area contributed by atoms with Crippen LogP contribution in [-0.2, 0) is 0 Å². The highest BCUT2D eigenvalue weighted by molar-refractivity contribution is 4.85. The van der Waals surface area contributed by atoms with Crippen LogP contribution in [0.3, 0.4) is 0 Å². The number of nitrogens with zero attached hydrogens (tertiary/aromatic N) is 2. The van der Waals surface area contributed by atoms with Crippen molar-refractivity contribution in [3.05, 3.63) is 0 Å². The Balaban J connectivity index is 1.85. The number of rotatable bonds is 3. The van der Waals surface area contributed by atoms with Gasteiger partial charge >= 0.3 is 0 Å². The van der Waals surface area contributed by atoms with Crippen LogP contribution in [0, 0.1) is 5.92 Å². The summed E-state index contributed by atoms with van der Waals surface area (Å²) in [5, 5.41) is 3.54. The molecule has 1 N–H and O–H groups in total. The van der Waals surface area contributed by atoms with Crippen molar-refractivity contribution in [2.45, 2.75) is 38.1 Å². The van der Waals surface area contributed by atoms with Crippen molar-refractivity contribution in [2.24, 2.45) is 5.92 Å². The van der Waals surface area contributed by atoms with Crippen molar-refractivity contribution in [3.63, 3.8) is 0 Å². The van der Waals surface area contributed by atoms with Gasteiger partial charge in [0.05, 0.1) is 0 Å². The minimum absolute atomic E-state index is 0.729.